The summed E-state index contributed by atoms with van der Waals surface area (Å²) < 4.78 is 11.6. The lowest BCUT2D eigenvalue weighted by Gasteiger charge is -2.35. The first-order valence-corrected chi connectivity index (χ1v) is 5.76. The summed E-state index contributed by atoms with van der Waals surface area (Å²) in [4.78, 5) is 11.6. The smallest absolute Gasteiger partial charge is 0.313 e. The van der Waals surface area contributed by atoms with E-state index in [-0.39, 0.29) is 12.7 Å². The average molecular weight is 254 g/mol. The third-order valence-corrected chi connectivity index (χ3v) is 2.71. The van der Waals surface area contributed by atoms with Crippen LogP contribution in [-0.2, 0) is 26.5 Å². The highest BCUT2D eigenvalue weighted by Crippen LogP contribution is 2.24. The molecule has 0 bridgehead atoms. The summed E-state index contributed by atoms with van der Waals surface area (Å²) >= 11 is 0. The van der Waals surface area contributed by atoms with Gasteiger partial charge in [-0.15, -0.1) is 5.10 Å². The molecule has 0 saturated carbocycles. The van der Waals surface area contributed by atoms with Gasteiger partial charge in [0.25, 0.3) is 0 Å². The zero-order chi connectivity index (χ0) is 13.4. The molecule has 2 N–H and O–H groups in total. The number of carbonyl (C=O) groups is 1. The lowest BCUT2D eigenvalue weighted by molar-refractivity contribution is -0.157. The maximum Gasteiger partial charge on any atom is 0.313 e. The van der Waals surface area contributed by atoms with E-state index >= 15 is 0 Å². The summed E-state index contributed by atoms with van der Waals surface area (Å²) in [6.45, 7) is 6.30. The molecule has 1 aromatic heterocycles. The topological polar surface area (TPSA) is 92.3 Å². The van der Waals surface area contributed by atoms with Gasteiger partial charge in [0, 0.05) is 0 Å². The van der Waals surface area contributed by atoms with Crippen molar-refractivity contribution in [3.63, 3.8) is 0 Å². The predicted molar refractivity (Wildman–Crippen MR) is 62.3 cm³/mol. The van der Waals surface area contributed by atoms with Crippen LogP contribution >= 0.6 is 0 Å². The Hall–Kier alpha value is -1.47. The molecule has 2 heterocycles. The fraction of sp³-hybridized carbons (Fsp3) is 0.727. The number of nitrogens with zero attached hydrogens (tertiary/aromatic N) is 3. The van der Waals surface area contributed by atoms with Crippen LogP contribution in [0.3, 0.4) is 0 Å². The van der Waals surface area contributed by atoms with Gasteiger partial charge in [0.05, 0.1) is 24.8 Å². The van der Waals surface area contributed by atoms with Crippen LogP contribution in [0.25, 0.3) is 0 Å². The van der Waals surface area contributed by atoms with Crippen molar-refractivity contribution in [2.75, 3.05) is 13.2 Å². The monoisotopic (exact) mass is 254 g/mol. The van der Waals surface area contributed by atoms with Crippen LogP contribution in [0.15, 0.2) is 6.20 Å². The maximum atomic E-state index is 11.6. The summed E-state index contributed by atoms with van der Waals surface area (Å²) in [6.07, 6.45) is 1.68. The Labute approximate surface area is 105 Å². The molecule has 1 saturated heterocycles. The van der Waals surface area contributed by atoms with Gasteiger partial charge in [0.15, 0.2) is 6.73 Å². The van der Waals surface area contributed by atoms with Gasteiger partial charge in [0.2, 0.25) is 0 Å². The number of carbonyl (C=O) groups excluding carboxylic acids is 1. The quantitative estimate of drug-likeness (QED) is 0.764. The van der Waals surface area contributed by atoms with E-state index in [1.807, 2.05) is 0 Å². The van der Waals surface area contributed by atoms with Crippen molar-refractivity contribution in [3.05, 3.63) is 11.9 Å². The predicted octanol–water partition coefficient (Wildman–Crippen LogP) is 0.00910. The van der Waals surface area contributed by atoms with E-state index in [1.165, 1.54) is 4.68 Å². The Morgan fingerprint density at radius 2 is 2.28 bits per heavy atom. The molecule has 0 amide bonds. The molecule has 100 valence electrons. The molecule has 0 radical (unpaired) electrons. The van der Waals surface area contributed by atoms with Crippen LogP contribution in [0.4, 0.5) is 0 Å². The number of hydrogen-bond donors (Lipinski definition) is 1. The molecule has 1 aliphatic heterocycles. The molecule has 0 spiro atoms. The van der Waals surface area contributed by atoms with Crippen molar-refractivity contribution in [1.82, 2.24) is 15.0 Å². The molecular formula is C11H18N4O3. The molecule has 2 rings (SSSR count). The molecule has 18 heavy (non-hydrogen) atoms. The van der Waals surface area contributed by atoms with Crippen LogP contribution in [0.2, 0.25) is 0 Å². The van der Waals surface area contributed by atoms with E-state index in [2.05, 4.69) is 10.3 Å². The van der Waals surface area contributed by atoms with Crippen molar-refractivity contribution >= 4 is 5.97 Å². The van der Waals surface area contributed by atoms with Gasteiger partial charge in [-0.05, 0) is 20.8 Å². The number of aromatic nitrogens is 3. The van der Waals surface area contributed by atoms with Crippen LogP contribution in [-0.4, -0.2) is 34.2 Å². The number of rotatable bonds is 3. The van der Waals surface area contributed by atoms with Gasteiger partial charge >= 0.3 is 5.97 Å². The first kappa shape index (κ1) is 13.0. The van der Waals surface area contributed by atoms with E-state index in [0.717, 1.165) is 0 Å². The van der Waals surface area contributed by atoms with Gasteiger partial charge in [-0.25, -0.2) is 4.68 Å². The highest BCUT2D eigenvalue weighted by Gasteiger charge is 2.38. The maximum absolute atomic E-state index is 11.6. The molecule has 1 aliphatic rings. The normalized spacial score (nSPS) is 18.2. The van der Waals surface area contributed by atoms with E-state index in [1.54, 1.807) is 27.0 Å². The van der Waals surface area contributed by atoms with Crippen molar-refractivity contribution in [1.29, 1.82) is 0 Å². The Morgan fingerprint density at radius 1 is 1.61 bits per heavy atom. The molecular weight excluding hydrogens is 236 g/mol. The summed E-state index contributed by atoms with van der Waals surface area (Å²) in [5.41, 5.74) is 5.59. The van der Waals surface area contributed by atoms with Crippen molar-refractivity contribution in [3.8, 4) is 0 Å². The minimum absolute atomic E-state index is 0.0417. The van der Waals surface area contributed by atoms with Crippen LogP contribution in [0.1, 0.15) is 26.5 Å². The van der Waals surface area contributed by atoms with Crippen LogP contribution < -0.4 is 5.73 Å². The number of hydrogen-bond acceptors (Lipinski definition) is 6. The summed E-state index contributed by atoms with van der Waals surface area (Å²) in [6, 6.07) is 0. The molecule has 0 unspecified atom stereocenters. The van der Waals surface area contributed by atoms with Gasteiger partial charge in [-0.3, -0.25) is 4.79 Å². The summed E-state index contributed by atoms with van der Waals surface area (Å²) in [5.74, 6) is -0.283. The van der Waals surface area contributed by atoms with Crippen LogP contribution in [0.5, 0.6) is 0 Å². The Morgan fingerprint density at radius 3 is 2.78 bits per heavy atom. The van der Waals surface area contributed by atoms with Crippen molar-refractivity contribution in [2.45, 2.75) is 33.0 Å². The molecule has 0 atom stereocenters. The molecule has 1 fully saturated rings. The Balaban J connectivity index is 1.93. The second kappa shape index (κ2) is 4.33. The van der Waals surface area contributed by atoms with Gasteiger partial charge in [-0.2, -0.15) is 0 Å². The number of nitrogens with two attached hydrogens (primary N) is 1. The lowest BCUT2D eigenvalue weighted by Crippen LogP contribution is -2.54. The van der Waals surface area contributed by atoms with E-state index in [0.29, 0.717) is 18.9 Å². The molecule has 0 aliphatic carbocycles. The zero-order valence-electron chi connectivity index (χ0n) is 10.8. The second-order valence-corrected chi connectivity index (χ2v) is 5.60. The largest absolute Gasteiger partial charge is 0.442 e. The molecule has 0 aromatic carbocycles. The molecule has 7 heteroatoms. The first-order chi connectivity index (χ1) is 8.31. The summed E-state index contributed by atoms with van der Waals surface area (Å²) in [7, 11) is 0. The fourth-order valence-electron chi connectivity index (χ4n) is 1.40. The van der Waals surface area contributed by atoms with Crippen molar-refractivity contribution < 1.29 is 14.3 Å². The van der Waals surface area contributed by atoms with Crippen molar-refractivity contribution in [2.24, 2.45) is 11.1 Å². The van der Waals surface area contributed by atoms with Gasteiger partial charge < -0.3 is 15.2 Å². The average Bonchev–Trinajstić information content (AvgIpc) is 2.70. The van der Waals surface area contributed by atoms with E-state index in [9.17, 15) is 4.79 Å². The number of ether oxygens (including phenoxy) is 2. The van der Waals surface area contributed by atoms with Gasteiger partial charge in [0.1, 0.15) is 11.2 Å². The zero-order valence-corrected chi connectivity index (χ0v) is 10.8. The first-order valence-electron chi connectivity index (χ1n) is 5.76. The van der Waals surface area contributed by atoms with E-state index < -0.39 is 11.0 Å². The third-order valence-electron chi connectivity index (χ3n) is 2.71. The Bertz CT molecular complexity index is 445. The SMILES string of the molecule is CC(C)(C)C(=O)OCn1cc(C2(N)COC2)nn1. The fourth-order valence-corrected chi connectivity index (χ4v) is 1.40. The second-order valence-electron chi connectivity index (χ2n) is 5.60. The van der Waals surface area contributed by atoms with E-state index in [4.69, 9.17) is 15.2 Å². The molecule has 7 nitrogen and oxygen atoms in total. The number of esters is 1. The molecule has 1 aromatic rings. The minimum Gasteiger partial charge on any atom is -0.442 e. The summed E-state index contributed by atoms with van der Waals surface area (Å²) in [5, 5.41) is 7.84. The highest BCUT2D eigenvalue weighted by molar-refractivity contribution is 5.75. The van der Waals surface area contributed by atoms with Crippen LogP contribution in [0, 0.1) is 5.41 Å². The standard InChI is InChI=1S/C11H18N4O3/c1-10(2,3)9(16)18-7-15-4-8(13-14-15)11(12)5-17-6-11/h4H,5-7,12H2,1-3H3. The minimum atomic E-state index is -0.549. The van der Waals surface area contributed by atoms with Gasteiger partial charge in [-0.1, -0.05) is 5.21 Å². The lowest BCUT2D eigenvalue weighted by atomic mass is 9.96. The third kappa shape index (κ3) is 2.51. The highest BCUT2D eigenvalue weighted by atomic mass is 16.5. The Kier molecular flexibility index (Phi) is 3.12.